The van der Waals surface area contributed by atoms with Gasteiger partial charge in [-0.1, -0.05) is 42.5 Å². The van der Waals surface area contributed by atoms with E-state index in [1.807, 2.05) is 24.3 Å². The molecule has 1 aliphatic rings. The van der Waals surface area contributed by atoms with Crippen molar-refractivity contribution in [3.05, 3.63) is 90.3 Å². The predicted molar refractivity (Wildman–Crippen MR) is 132 cm³/mol. The average molecular weight is 445 g/mol. The second-order valence-corrected chi connectivity index (χ2v) is 8.27. The van der Waals surface area contributed by atoms with Crippen LogP contribution >= 0.6 is 0 Å². The van der Waals surface area contributed by atoms with Gasteiger partial charge in [0, 0.05) is 50.7 Å². The molecule has 0 radical (unpaired) electrons. The lowest BCUT2D eigenvalue weighted by Gasteiger charge is -2.36. The van der Waals surface area contributed by atoms with Crippen LogP contribution < -0.4 is 15.0 Å². The topological polar surface area (TPSA) is 57.7 Å². The summed E-state index contributed by atoms with van der Waals surface area (Å²) in [6.07, 6.45) is 5.34. The van der Waals surface area contributed by atoms with Gasteiger partial charge in [-0.3, -0.25) is 14.7 Å². The molecule has 1 aromatic heterocycles. The van der Waals surface area contributed by atoms with Crippen LogP contribution in [0, 0.1) is 0 Å². The van der Waals surface area contributed by atoms with E-state index < -0.39 is 0 Å². The maximum atomic E-state index is 12.1. The Bertz CT molecular complexity index is 989. The monoisotopic (exact) mass is 444 g/mol. The van der Waals surface area contributed by atoms with E-state index in [-0.39, 0.29) is 5.91 Å². The first-order chi connectivity index (χ1) is 16.3. The highest BCUT2D eigenvalue weighted by atomic mass is 16.5. The Labute approximate surface area is 196 Å². The Balaban J connectivity index is 1.17. The Hall–Kier alpha value is -3.38. The minimum atomic E-state index is -0.0286. The molecule has 2 aromatic carbocycles. The molecular formula is C27H32N4O2. The molecule has 6 heteroatoms. The van der Waals surface area contributed by atoms with Gasteiger partial charge >= 0.3 is 0 Å². The fourth-order valence-corrected chi connectivity index (χ4v) is 4.06. The van der Waals surface area contributed by atoms with Gasteiger partial charge in [0.25, 0.3) is 5.91 Å². The summed E-state index contributed by atoms with van der Waals surface area (Å²) < 4.78 is 6.15. The third-order valence-electron chi connectivity index (χ3n) is 5.94. The first-order valence-electron chi connectivity index (χ1n) is 11.7. The highest BCUT2D eigenvalue weighted by molar-refractivity contribution is 5.93. The molecule has 0 saturated carbocycles. The van der Waals surface area contributed by atoms with Crippen LogP contribution in [0.3, 0.4) is 0 Å². The Morgan fingerprint density at radius 2 is 1.61 bits per heavy atom. The van der Waals surface area contributed by atoms with Crippen molar-refractivity contribution in [2.75, 3.05) is 44.2 Å². The molecule has 33 heavy (non-hydrogen) atoms. The molecule has 0 spiro atoms. The largest absolute Gasteiger partial charge is 0.487 e. The summed E-state index contributed by atoms with van der Waals surface area (Å²) in [6.45, 7) is 6.40. The number of nitrogens with zero attached hydrogens (tertiary/aromatic N) is 3. The highest BCUT2D eigenvalue weighted by Crippen LogP contribution is 2.29. The van der Waals surface area contributed by atoms with E-state index >= 15 is 0 Å². The van der Waals surface area contributed by atoms with Gasteiger partial charge in [0.2, 0.25) is 0 Å². The standard InChI is InChI=1S/C27H32N4O2/c32-27(24-12-15-28-16-13-24)29-14-6-7-17-30-18-20-31(21-19-30)25-10-4-5-11-26(25)33-22-23-8-2-1-3-9-23/h1-5,8-13,15-16H,6-7,14,17-22H2,(H,29,32). The molecule has 1 amide bonds. The number of carbonyl (C=O) groups is 1. The third kappa shape index (κ3) is 6.80. The number of hydrogen-bond acceptors (Lipinski definition) is 5. The number of benzene rings is 2. The molecule has 1 saturated heterocycles. The van der Waals surface area contributed by atoms with Gasteiger partial charge in [0.15, 0.2) is 0 Å². The van der Waals surface area contributed by atoms with Crippen molar-refractivity contribution in [3.63, 3.8) is 0 Å². The molecule has 0 atom stereocenters. The number of para-hydroxylation sites is 2. The van der Waals surface area contributed by atoms with E-state index in [2.05, 4.69) is 50.4 Å². The molecule has 172 valence electrons. The molecular weight excluding hydrogens is 412 g/mol. The number of aromatic nitrogens is 1. The van der Waals surface area contributed by atoms with E-state index in [1.54, 1.807) is 24.5 Å². The van der Waals surface area contributed by atoms with Crippen molar-refractivity contribution in [1.29, 1.82) is 0 Å². The van der Waals surface area contributed by atoms with E-state index in [9.17, 15) is 4.79 Å². The van der Waals surface area contributed by atoms with Gasteiger partial charge in [-0.25, -0.2) is 0 Å². The number of hydrogen-bond donors (Lipinski definition) is 1. The molecule has 4 rings (SSSR count). The van der Waals surface area contributed by atoms with Gasteiger partial charge in [0.05, 0.1) is 5.69 Å². The van der Waals surface area contributed by atoms with E-state index in [1.165, 1.54) is 11.3 Å². The summed E-state index contributed by atoms with van der Waals surface area (Å²) in [5, 5.41) is 2.99. The third-order valence-corrected chi connectivity index (χ3v) is 5.94. The zero-order valence-corrected chi connectivity index (χ0v) is 19.0. The second kappa shape index (κ2) is 12.0. The first kappa shape index (κ1) is 22.8. The quantitative estimate of drug-likeness (QED) is 0.479. The zero-order chi connectivity index (χ0) is 22.7. The number of piperazine rings is 1. The summed E-state index contributed by atoms with van der Waals surface area (Å²) in [6, 6.07) is 22.1. The SMILES string of the molecule is O=C(NCCCCN1CCN(c2ccccc2OCc2ccccc2)CC1)c1ccncc1. The Kier molecular flexibility index (Phi) is 8.30. The highest BCUT2D eigenvalue weighted by Gasteiger charge is 2.19. The summed E-state index contributed by atoms with van der Waals surface area (Å²) in [5.74, 6) is 0.916. The number of rotatable bonds is 10. The molecule has 1 aliphatic heterocycles. The summed E-state index contributed by atoms with van der Waals surface area (Å²) in [5.41, 5.74) is 3.01. The average Bonchev–Trinajstić information content (AvgIpc) is 2.89. The first-order valence-corrected chi connectivity index (χ1v) is 11.7. The molecule has 1 fully saturated rings. The number of ether oxygens (including phenoxy) is 1. The predicted octanol–water partition coefficient (Wildman–Crippen LogP) is 3.99. The molecule has 0 unspecified atom stereocenters. The molecule has 3 aromatic rings. The molecule has 1 N–H and O–H groups in total. The Morgan fingerprint density at radius 3 is 2.39 bits per heavy atom. The molecule has 0 aliphatic carbocycles. The van der Waals surface area contributed by atoms with Crippen LogP contribution in [0.1, 0.15) is 28.8 Å². The van der Waals surface area contributed by atoms with E-state index in [0.29, 0.717) is 18.7 Å². The van der Waals surface area contributed by atoms with E-state index in [0.717, 1.165) is 51.3 Å². The lowest BCUT2D eigenvalue weighted by atomic mass is 10.2. The van der Waals surface area contributed by atoms with Gasteiger partial charge < -0.3 is 15.0 Å². The van der Waals surface area contributed by atoms with Gasteiger partial charge in [-0.05, 0) is 49.2 Å². The lowest BCUT2D eigenvalue weighted by molar-refractivity contribution is 0.0952. The fourth-order valence-electron chi connectivity index (χ4n) is 4.06. The van der Waals surface area contributed by atoms with Crippen molar-refractivity contribution in [1.82, 2.24) is 15.2 Å². The van der Waals surface area contributed by atoms with Crippen molar-refractivity contribution >= 4 is 11.6 Å². The molecule has 0 bridgehead atoms. The molecule has 6 nitrogen and oxygen atoms in total. The van der Waals surface area contributed by atoms with Gasteiger partial charge in [-0.15, -0.1) is 0 Å². The van der Waals surface area contributed by atoms with Crippen molar-refractivity contribution < 1.29 is 9.53 Å². The smallest absolute Gasteiger partial charge is 0.251 e. The summed E-state index contributed by atoms with van der Waals surface area (Å²) >= 11 is 0. The minimum absolute atomic E-state index is 0.0286. The number of pyridine rings is 1. The maximum Gasteiger partial charge on any atom is 0.251 e. The Morgan fingerprint density at radius 1 is 0.879 bits per heavy atom. The second-order valence-electron chi connectivity index (χ2n) is 8.27. The van der Waals surface area contributed by atoms with Crippen LogP contribution in [0.25, 0.3) is 0 Å². The van der Waals surface area contributed by atoms with Crippen molar-refractivity contribution in [2.45, 2.75) is 19.4 Å². The van der Waals surface area contributed by atoms with Crippen molar-refractivity contribution in [2.24, 2.45) is 0 Å². The normalized spacial score (nSPS) is 14.1. The van der Waals surface area contributed by atoms with Crippen LogP contribution in [-0.4, -0.2) is 55.1 Å². The summed E-state index contributed by atoms with van der Waals surface area (Å²) in [4.78, 5) is 20.9. The number of amides is 1. The van der Waals surface area contributed by atoms with Crippen LogP contribution in [0.2, 0.25) is 0 Å². The summed E-state index contributed by atoms with van der Waals surface area (Å²) in [7, 11) is 0. The van der Waals surface area contributed by atoms with E-state index in [4.69, 9.17) is 4.74 Å². The number of unbranched alkanes of at least 4 members (excludes halogenated alkanes) is 1. The lowest BCUT2D eigenvalue weighted by Crippen LogP contribution is -2.46. The number of anilines is 1. The van der Waals surface area contributed by atoms with Gasteiger partial charge in [0.1, 0.15) is 12.4 Å². The minimum Gasteiger partial charge on any atom is -0.487 e. The fraction of sp³-hybridized carbons (Fsp3) is 0.333. The van der Waals surface area contributed by atoms with Crippen LogP contribution in [-0.2, 0) is 6.61 Å². The van der Waals surface area contributed by atoms with Crippen LogP contribution in [0.5, 0.6) is 5.75 Å². The maximum absolute atomic E-state index is 12.1. The number of nitrogens with one attached hydrogen (secondary N) is 1. The molecule has 2 heterocycles. The van der Waals surface area contributed by atoms with Crippen LogP contribution in [0.4, 0.5) is 5.69 Å². The zero-order valence-electron chi connectivity index (χ0n) is 19.0. The van der Waals surface area contributed by atoms with Gasteiger partial charge in [-0.2, -0.15) is 0 Å². The number of carbonyl (C=O) groups excluding carboxylic acids is 1. The van der Waals surface area contributed by atoms with Crippen LogP contribution in [0.15, 0.2) is 79.1 Å². The van der Waals surface area contributed by atoms with Crippen molar-refractivity contribution in [3.8, 4) is 5.75 Å².